The zero-order valence-electron chi connectivity index (χ0n) is 10.9. The molecule has 2 unspecified atom stereocenters. The Morgan fingerprint density at radius 1 is 1.22 bits per heavy atom. The van der Waals surface area contributed by atoms with Crippen LogP contribution >= 0.6 is 12.4 Å². The van der Waals surface area contributed by atoms with Gasteiger partial charge in [-0.25, -0.2) is 0 Å². The van der Waals surface area contributed by atoms with Crippen molar-refractivity contribution in [3.63, 3.8) is 0 Å². The molecule has 108 valence electrons. The molecule has 0 radical (unpaired) electrons. The van der Waals surface area contributed by atoms with E-state index in [9.17, 15) is 8.42 Å². The maximum Gasteiger partial charge on any atom is 0.279 e. The van der Waals surface area contributed by atoms with Crippen LogP contribution in [0.2, 0.25) is 0 Å². The molecule has 0 saturated carbocycles. The van der Waals surface area contributed by atoms with Crippen LogP contribution in [0.5, 0.6) is 0 Å². The Morgan fingerprint density at radius 2 is 2.00 bits per heavy atom. The summed E-state index contributed by atoms with van der Waals surface area (Å²) in [7, 11) is -3.29. The van der Waals surface area contributed by atoms with Gasteiger partial charge in [0.15, 0.2) is 0 Å². The highest BCUT2D eigenvalue weighted by atomic mass is 35.5. The number of nitrogens with one attached hydrogen (secondary N) is 2. The molecule has 0 bridgehead atoms. The van der Waals surface area contributed by atoms with Crippen LogP contribution in [0.1, 0.15) is 39.0 Å². The van der Waals surface area contributed by atoms with Crippen LogP contribution in [0.25, 0.3) is 0 Å². The fraction of sp³-hybridized carbons (Fsp3) is 1.00. The van der Waals surface area contributed by atoms with Crippen molar-refractivity contribution in [1.82, 2.24) is 14.3 Å². The Hall–Kier alpha value is 0.120. The fourth-order valence-electron chi connectivity index (χ4n) is 2.66. The van der Waals surface area contributed by atoms with Gasteiger partial charge in [-0.3, -0.25) is 0 Å². The average molecular weight is 298 g/mol. The third-order valence-corrected chi connectivity index (χ3v) is 5.45. The predicted molar refractivity (Wildman–Crippen MR) is 75.2 cm³/mol. The number of piperidine rings is 2. The van der Waals surface area contributed by atoms with E-state index in [2.05, 4.69) is 10.0 Å². The first-order valence-corrected chi connectivity index (χ1v) is 8.03. The van der Waals surface area contributed by atoms with Gasteiger partial charge in [-0.05, 0) is 39.2 Å². The highest BCUT2D eigenvalue weighted by molar-refractivity contribution is 7.87. The lowest BCUT2D eigenvalue weighted by atomic mass is 10.1. The van der Waals surface area contributed by atoms with Crippen molar-refractivity contribution >= 4 is 22.6 Å². The lowest BCUT2D eigenvalue weighted by molar-refractivity contribution is 0.262. The van der Waals surface area contributed by atoms with Gasteiger partial charge >= 0.3 is 0 Å². The third kappa shape index (κ3) is 4.06. The molecule has 18 heavy (non-hydrogen) atoms. The van der Waals surface area contributed by atoms with Crippen molar-refractivity contribution in [2.45, 2.75) is 51.1 Å². The molecule has 2 rings (SSSR count). The quantitative estimate of drug-likeness (QED) is 0.812. The minimum absolute atomic E-state index is 0. The van der Waals surface area contributed by atoms with Crippen molar-refractivity contribution in [3.05, 3.63) is 0 Å². The summed E-state index contributed by atoms with van der Waals surface area (Å²) in [5.41, 5.74) is 0. The topological polar surface area (TPSA) is 61.4 Å². The summed E-state index contributed by atoms with van der Waals surface area (Å²) >= 11 is 0. The van der Waals surface area contributed by atoms with Crippen LogP contribution in [-0.2, 0) is 10.2 Å². The summed E-state index contributed by atoms with van der Waals surface area (Å²) in [5, 5.41) is 3.23. The molecule has 0 amide bonds. The second-order valence-electron chi connectivity index (χ2n) is 5.12. The number of rotatable bonds is 3. The Kier molecular flexibility index (Phi) is 6.34. The van der Waals surface area contributed by atoms with E-state index in [4.69, 9.17) is 0 Å². The van der Waals surface area contributed by atoms with E-state index in [-0.39, 0.29) is 24.5 Å². The van der Waals surface area contributed by atoms with Crippen LogP contribution in [-0.4, -0.2) is 44.4 Å². The van der Waals surface area contributed by atoms with Crippen molar-refractivity contribution < 1.29 is 8.42 Å². The molecule has 2 saturated heterocycles. The standard InChI is InChI=1S/C11H23N3O2S.ClH/c1-10-5-2-3-8-14(10)17(15,16)13-11-6-4-7-12-9-11;/h10-13H,2-9H2,1H3;1H. The summed E-state index contributed by atoms with van der Waals surface area (Å²) in [5.74, 6) is 0. The first-order chi connectivity index (χ1) is 8.09. The number of halogens is 1. The second-order valence-corrected chi connectivity index (χ2v) is 6.78. The van der Waals surface area contributed by atoms with Gasteiger partial charge in [0.2, 0.25) is 0 Å². The molecular weight excluding hydrogens is 274 g/mol. The monoisotopic (exact) mass is 297 g/mol. The zero-order valence-corrected chi connectivity index (χ0v) is 12.5. The van der Waals surface area contributed by atoms with Gasteiger partial charge in [0.05, 0.1) is 0 Å². The van der Waals surface area contributed by atoms with Crippen molar-refractivity contribution in [3.8, 4) is 0 Å². The van der Waals surface area contributed by atoms with E-state index in [1.807, 2.05) is 6.92 Å². The van der Waals surface area contributed by atoms with E-state index < -0.39 is 10.2 Å². The fourth-order valence-corrected chi connectivity index (χ4v) is 4.37. The van der Waals surface area contributed by atoms with Gasteiger partial charge in [-0.2, -0.15) is 17.4 Å². The van der Waals surface area contributed by atoms with Gasteiger partial charge in [-0.15, -0.1) is 12.4 Å². The minimum Gasteiger partial charge on any atom is -0.315 e. The SMILES string of the molecule is CC1CCCCN1S(=O)(=O)NC1CCCNC1.Cl. The highest BCUT2D eigenvalue weighted by Gasteiger charge is 2.31. The third-order valence-electron chi connectivity index (χ3n) is 3.66. The second kappa shape index (κ2) is 7.05. The largest absolute Gasteiger partial charge is 0.315 e. The summed E-state index contributed by atoms with van der Waals surface area (Å²) in [6.45, 7) is 4.41. The lowest BCUT2D eigenvalue weighted by Crippen LogP contribution is -2.53. The molecule has 7 heteroatoms. The van der Waals surface area contributed by atoms with E-state index in [0.29, 0.717) is 6.54 Å². The minimum atomic E-state index is -3.29. The molecule has 2 aliphatic rings. The normalized spacial score (nSPS) is 30.7. The molecule has 0 aromatic rings. The van der Waals surface area contributed by atoms with Crippen LogP contribution in [0, 0.1) is 0 Å². The molecule has 0 spiro atoms. The molecule has 2 atom stereocenters. The molecule has 0 aromatic carbocycles. The molecule has 2 fully saturated rings. The molecule has 2 aliphatic heterocycles. The van der Waals surface area contributed by atoms with Crippen LogP contribution in [0.3, 0.4) is 0 Å². The molecule has 2 heterocycles. The Morgan fingerprint density at radius 3 is 2.61 bits per heavy atom. The van der Waals surface area contributed by atoms with E-state index in [0.717, 1.165) is 45.2 Å². The van der Waals surface area contributed by atoms with Gasteiger partial charge in [-0.1, -0.05) is 6.42 Å². The highest BCUT2D eigenvalue weighted by Crippen LogP contribution is 2.19. The first-order valence-electron chi connectivity index (χ1n) is 6.59. The smallest absolute Gasteiger partial charge is 0.279 e. The van der Waals surface area contributed by atoms with Crippen LogP contribution in [0.4, 0.5) is 0 Å². The Bertz CT molecular complexity index is 344. The maximum absolute atomic E-state index is 12.3. The summed E-state index contributed by atoms with van der Waals surface area (Å²) < 4.78 is 29.0. The lowest BCUT2D eigenvalue weighted by Gasteiger charge is -2.34. The Balaban J connectivity index is 0.00000162. The van der Waals surface area contributed by atoms with Crippen LogP contribution < -0.4 is 10.0 Å². The van der Waals surface area contributed by atoms with Crippen molar-refractivity contribution in [2.24, 2.45) is 0 Å². The average Bonchev–Trinajstić information content (AvgIpc) is 2.30. The molecular formula is C11H24ClN3O2S. The van der Waals surface area contributed by atoms with E-state index >= 15 is 0 Å². The number of nitrogens with zero attached hydrogens (tertiary/aromatic N) is 1. The van der Waals surface area contributed by atoms with Gasteiger partial charge in [0, 0.05) is 25.2 Å². The molecule has 0 aromatic heterocycles. The molecule has 5 nitrogen and oxygen atoms in total. The zero-order chi connectivity index (χ0) is 12.3. The van der Waals surface area contributed by atoms with Gasteiger partial charge in [0.1, 0.15) is 0 Å². The van der Waals surface area contributed by atoms with Crippen LogP contribution in [0.15, 0.2) is 0 Å². The summed E-state index contributed by atoms with van der Waals surface area (Å²) in [4.78, 5) is 0. The van der Waals surface area contributed by atoms with Gasteiger partial charge in [0.25, 0.3) is 10.2 Å². The first kappa shape index (κ1) is 16.2. The Labute approximate surface area is 116 Å². The van der Waals surface area contributed by atoms with Crippen molar-refractivity contribution in [1.29, 1.82) is 0 Å². The van der Waals surface area contributed by atoms with E-state index in [1.54, 1.807) is 4.31 Å². The maximum atomic E-state index is 12.3. The molecule has 0 aliphatic carbocycles. The number of hydrogen-bond acceptors (Lipinski definition) is 3. The molecule has 2 N–H and O–H groups in total. The van der Waals surface area contributed by atoms with Gasteiger partial charge < -0.3 is 5.32 Å². The summed E-state index contributed by atoms with van der Waals surface area (Å²) in [6, 6.07) is 0.195. The van der Waals surface area contributed by atoms with Crippen molar-refractivity contribution in [2.75, 3.05) is 19.6 Å². The summed E-state index contributed by atoms with van der Waals surface area (Å²) in [6.07, 6.45) is 5.08. The predicted octanol–water partition coefficient (Wildman–Crippen LogP) is 0.869. The number of hydrogen-bond donors (Lipinski definition) is 2. The van der Waals surface area contributed by atoms with E-state index in [1.165, 1.54) is 0 Å².